The highest BCUT2D eigenvalue weighted by atomic mass is 14.9. The molecule has 0 aromatic carbocycles. The Labute approximate surface area is 69.5 Å². The van der Waals surface area contributed by atoms with Gasteiger partial charge in [-0.15, -0.1) is 0 Å². The summed E-state index contributed by atoms with van der Waals surface area (Å²) in [5, 5.41) is 3.55. The van der Waals surface area contributed by atoms with Crippen molar-refractivity contribution in [1.82, 2.24) is 5.32 Å². The molecule has 3 N–H and O–H groups in total. The number of hydrogen-bond acceptors (Lipinski definition) is 2. The van der Waals surface area contributed by atoms with Gasteiger partial charge in [-0.3, -0.25) is 0 Å². The third-order valence-corrected chi connectivity index (χ3v) is 2.42. The van der Waals surface area contributed by atoms with Gasteiger partial charge >= 0.3 is 0 Å². The molecule has 0 aromatic heterocycles. The van der Waals surface area contributed by atoms with Gasteiger partial charge in [0.1, 0.15) is 0 Å². The molecule has 11 heavy (non-hydrogen) atoms. The lowest BCUT2D eigenvalue weighted by Gasteiger charge is -2.15. The lowest BCUT2D eigenvalue weighted by Crippen LogP contribution is -2.32. The van der Waals surface area contributed by atoms with Crippen molar-refractivity contribution in [1.29, 1.82) is 0 Å². The average molecular weight is 156 g/mol. The van der Waals surface area contributed by atoms with Crippen LogP contribution in [0, 0.1) is 5.92 Å². The van der Waals surface area contributed by atoms with E-state index in [2.05, 4.69) is 12.2 Å². The van der Waals surface area contributed by atoms with Gasteiger partial charge in [0.15, 0.2) is 0 Å². The predicted octanol–water partition coefficient (Wildman–Crippen LogP) is 1.11. The van der Waals surface area contributed by atoms with Crippen LogP contribution in [0.3, 0.4) is 0 Å². The summed E-state index contributed by atoms with van der Waals surface area (Å²) >= 11 is 0. The van der Waals surface area contributed by atoms with Crippen LogP contribution in [-0.4, -0.2) is 19.1 Å². The minimum absolute atomic E-state index is 0.779. The molecule has 1 unspecified atom stereocenters. The molecule has 0 aromatic rings. The molecule has 1 aliphatic rings. The zero-order valence-corrected chi connectivity index (χ0v) is 7.47. The maximum absolute atomic E-state index is 5.41. The molecule has 2 heteroatoms. The van der Waals surface area contributed by atoms with Crippen LogP contribution in [0.2, 0.25) is 0 Å². The Hall–Kier alpha value is -0.0800. The van der Waals surface area contributed by atoms with E-state index in [1.165, 1.54) is 19.3 Å². The molecule has 66 valence electrons. The highest BCUT2D eigenvalue weighted by Gasteiger charge is 2.28. The fourth-order valence-electron chi connectivity index (χ4n) is 1.53. The first-order valence-electron chi connectivity index (χ1n) is 4.82. The summed E-state index contributed by atoms with van der Waals surface area (Å²) in [7, 11) is 0. The third kappa shape index (κ3) is 3.21. The second kappa shape index (κ2) is 4.73. The van der Waals surface area contributed by atoms with E-state index in [0.717, 1.165) is 31.5 Å². The molecular weight excluding hydrogens is 136 g/mol. The fourth-order valence-corrected chi connectivity index (χ4v) is 1.53. The van der Waals surface area contributed by atoms with Crippen LogP contribution in [0.5, 0.6) is 0 Å². The topological polar surface area (TPSA) is 38.0 Å². The van der Waals surface area contributed by atoms with Gasteiger partial charge in [0.2, 0.25) is 0 Å². The van der Waals surface area contributed by atoms with Crippen molar-refractivity contribution in [3.63, 3.8) is 0 Å². The van der Waals surface area contributed by atoms with Crippen molar-refractivity contribution in [2.45, 2.75) is 38.6 Å². The van der Waals surface area contributed by atoms with Crippen molar-refractivity contribution in [2.24, 2.45) is 11.7 Å². The molecule has 1 rings (SSSR count). The van der Waals surface area contributed by atoms with Gasteiger partial charge in [0, 0.05) is 6.04 Å². The maximum Gasteiger partial charge on any atom is 0.00927 e. The van der Waals surface area contributed by atoms with Crippen LogP contribution >= 0.6 is 0 Å². The second-order valence-corrected chi connectivity index (χ2v) is 3.45. The minimum Gasteiger partial charge on any atom is -0.330 e. The van der Waals surface area contributed by atoms with Gasteiger partial charge in [-0.2, -0.15) is 0 Å². The summed E-state index contributed by atoms with van der Waals surface area (Å²) in [5.41, 5.74) is 5.41. The molecule has 1 saturated carbocycles. The standard InChI is InChI=1S/C9H20N2/c1-2-9(8-4-5-8)11-7-3-6-10/h8-9,11H,2-7,10H2,1H3. The van der Waals surface area contributed by atoms with Crippen molar-refractivity contribution >= 4 is 0 Å². The summed E-state index contributed by atoms with van der Waals surface area (Å²) in [6.07, 6.45) is 5.26. The van der Waals surface area contributed by atoms with Crippen LogP contribution in [0.4, 0.5) is 0 Å². The van der Waals surface area contributed by atoms with E-state index >= 15 is 0 Å². The summed E-state index contributed by atoms with van der Waals surface area (Å²) in [6.45, 7) is 4.18. The molecule has 0 aliphatic heterocycles. The zero-order chi connectivity index (χ0) is 8.10. The molecule has 1 aliphatic carbocycles. The highest BCUT2D eigenvalue weighted by molar-refractivity contribution is 4.85. The highest BCUT2D eigenvalue weighted by Crippen LogP contribution is 2.33. The average Bonchev–Trinajstić information content (AvgIpc) is 2.81. The normalized spacial score (nSPS) is 20.2. The molecule has 0 radical (unpaired) electrons. The van der Waals surface area contributed by atoms with E-state index in [9.17, 15) is 0 Å². The zero-order valence-electron chi connectivity index (χ0n) is 7.47. The van der Waals surface area contributed by atoms with Crippen LogP contribution in [0.25, 0.3) is 0 Å². The third-order valence-electron chi connectivity index (χ3n) is 2.42. The molecule has 0 heterocycles. The van der Waals surface area contributed by atoms with Crippen molar-refractivity contribution in [2.75, 3.05) is 13.1 Å². The smallest absolute Gasteiger partial charge is 0.00927 e. The summed E-state index contributed by atoms with van der Waals surface area (Å²) < 4.78 is 0. The van der Waals surface area contributed by atoms with Crippen LogP contribution < -0.4 is 11.1 Å². The largest absolute Gasteiger partial charge is 0.330 e. The molecule has 0 amide bonds. The van der Waals surface area contributed by atoms with Gasteiger partial charge in [-0.25, -0.2) is 0 Å². The van der Waals surface area contributed by atoms with Crippen LogP contribution in [0.1, 0.15) is 32.6 Å². The fraction of sp³-hybridized carbons (Fsp3) is 1.00. The molecule has 0 spiro atoms. The molecule has 1 fully saturated rings. The number of hydrogen-bond donors (Lipinski definition) is 2. The Bertz CT molecular complexity index is 99.7. The lowest BCUT2D eigenvalue weighted by molar-refractivity contribution is 0.447. The minimum atomic E-state index is 0.779. The number of nitrogens with one attached hydrogen (secondary N) is 1. The predicted molar refractivity (Wildman–Crippen MR) is 48.5 cm³/mol. The van der Waals surface area contributed by atoms with E-state index in [0.29, 0.717) is 0 Å². The Morgan fingerprint density at radius 1 is 1.55 bits per heavy atom. The Morgan fingerprint density at radius 2 is 2.27 bits per heavy atom. The van der Waals surface area contributed by atoms with Gasteiger partial charge in [-0.1, -0.05) is 6.92 Å². The maximum atomic E-state index is 5.41. The van der Waals surface area contributed by atoms with E-state index in [1.54, 1.807) is 0 Å². The quantitative estimate of drug-likeness (QED) is 0.565. The first-order valence-corrected chi connectivity index (χ1v) is 4.82. The second-order valence-electron chi connectivity index (χ2n) is 3.45. The van der Waals surface area contributed by atoms with Gasteiger partial charge < -0.3 is 11.1 Å². The first-order chi connectivity index (χ1) is 5.38. The number of rotatable bonds is 6. The molecule has 0 saturated heterocycles. The van der Waals surface area contributed by atoms with E-state index in [4.69, 9.17) is 5.73 Å². The Balaban J connectivity index is 2.01. The van der Waals surface area contributed by atoms with Gasteiger partial charge in [-0.05, 0) is 44.7 Å². The van der Waals surface area contributed by atoms with Crippen molar-refractivity contribution < 1.29 is 0 Å². The van der Waals surface area contributed by atoms with E-state index in [-0.39, 0.29) is 0 Å². The van der Waals surface area contributed by atoms with E-state index in [1.807, 2.05) is 0 Å². The SMILES string of the molecule is CCC(NCCCN)C1CC1. The lowest BCUT2D eigenvalue weighted by atomic mass is 10.1. The monoisotopic (exact) mass is 156 g/mol. The van der Waals surface area contributed by atoms with Gasteiger partial charge in [0.25, 0.3) is 0 Å². The molecular formula is C9H20N2. The molecule has 1 atom stereocenters. The summed E-state index contributed by atoms with van der Waals surface area (Å²) in [5.74, 6) is 0.984. The first kappa shape index (κ1) is 9.01. The van der Waals surface area contributed by atoms with E-state index < -0.39 is 0 Å². The molecule has 0 bridgehead atoms. The van der Waals surface area contributed by atoms with Gasteiger partial charge in [0.05, 0.1) is 0 Å². The van der Waals surface area contributed by atoms with Crippen LogP contribution in [0.15, 0.2) is 0 Å². The van der Waals surface area contributed by atoms with Crippen molar-refractivity contribution in [3.05, 3.63) is 0 Å². The Kier molecular flexibility index (Phi) is 3.87. The Morgan fingerprint density at radius 3 is 2.73 bits per heavy atom. The number of nitrogens with two attached hydrogens (primary N) is 1. The van der Waals surface area contributed by atoms with Crippen LogP contribution in [-0.2, 0) is 0 Å². The summed E-state index contributed by atoms with van der Waals surface area (Å²) in [4.78, 5) is 0. The molecule has 2 nitrogen and oxygen atoms in total. The van der Waals surface area contributed by atoms with Crippen molar-refractivity contribution in [3.8, 4) is 0 Å². The summed E-state index contributed by atoms with van der Waals surface area (Å²) in [6, 6.07) is 0.779.